The van der Waals surface area contributed by atoms with Crippen LogP contribution in [-0.4, -0.2) is 30.3 Å². The van der Waals surface area contributed by atoms with E-state index in [0.29, 0.717) is 23.1 Å². The molecule has 0 radical (unpaired) electrons. The monoisotopic (exact) mass is 575 g/mol. The number of aliphatic hydroxyl groups excluding tert-OH is 1. The molecule has 3 aromatic rings. The molecule has 216 valence electrons. The molecular formula is C28H25F8NO3. The molecule has 0 amide bonds. The standard InChI is InChI=1S/C28H25F8NO3/c29-26(30,27(31,32)33)21-6-1-4-18(12-21)15-37(16-25(38)20-10-11-20)22-7-3-8-23(14-22)39-17-19-5-2-9-24(13-19)40-28(34,35)36/h1-9,12-14,20,25,38H,10-11,15-17H2. The van der Waals surface area contributed by atoms with E-state index >= 15 is 0 Å². The summed E-state index contributed by atoms with van der Waals surface area (Å²) in [6.07, 6.45) is -9.70. The number of aliphatic hydroxyl groups is 1. The van der Waals surface area contributed by atoms with Gasteiger partial charge in [-0.05, 0) is 60.2 Å². The lowest BCUT2D eigenvalue weighted by molar-refractivity contribution is -0.289. The Hall–Kier alpha value is -3.54. The number of hydrogen-bond acceptors (Lipinski definition) is 4. The van der Waals surface area contributed by atoms with Crippen LogP contribution in [0, 0.1) is 5.92 Å². The first-order valence-corrected chi connectivity index (χ1v) is 12.3. The van der Waals surface area contributed by atoms with E-state index in [1.165, 1.54) is 18.2 Å². The van der Waals surface area contributed by atoms with Gasteiger partial charge in [0, 0.05) is 30.4 Å². The van der Waals surface area contributed by atoms with Gasteiger partial charge >= 0.3 is 18.5 Å². The fourth-order valence-corrected chi connectivity index (χ4v) is 4.14. The van der Waals surface area contributed by atoms with Gasteiger partial charge in [0.1, 0.15) is 18.1 Å². The van der Waals surface area contributed by atoms with E-state index in [4.69, 9.17) is 4.74 Å². The highest BCUT2D eigenvalue weighted by molar-refractivity contribution is 5.51. The second-order valence-corrected chi connectivity index (χ2v) is 9.54. The minimum absolute atomic E-state index is 0.0639. The summed E-state index contributed by atoms with van der Waals surface area (Å²) in [5.41, 5.74) is -0.110. The lowest BCUT2D eigenvalue weighted by Gasteiger charge is -2.28. The van der Waals surface area contributed by atoms with Crippen molar-refractivity contribution in [2.24, 2.45) is 5.92 Å². The Morgan fingerprint density at radius 1 is 0.800 bits per heavy atom. The SMILES string of the molecule is OC(CN(Cc1cccc(C(F)(F)C(F)(F)F)c1)c1cccc(OCc2cccc(OC(F)(F)F)c2)c1)C1CC1. The highest BCUT2D eigenvalue weighted by Gasteiger charge is 2.58. The Labute approximate surface area is 224 Å². The van der Waals surface area contributed by atoms with Crippen LogP contribution in [0.1, 0.15) is 29.5 Å². The van der Waals surface area contributed by atoms with Crippen molar-refractivity contribution in [1.82, 2.24) is 0 Å². The molecule has 0 heterocycles. The predicted molar refractivity (Wildman–Crippen MR) is 130 cm³/mol. The maximum atomic E-state index is 14.0. The second-order valence-electron chi connectivity index (χ2n) is 9.54. The molecular weight excluding hydrogens is 550 g/mol. The third kappa shape index (κ3) is 7.77. The molecule has 1 saturated carbocycles. The summed E-state index contributed by atoms with van der Waals surface area (Å²) in [6.45, 7) is -0.0888. The molecule has 0 spiro atoms. The zero-order chi connectivity index (χ0) is 29.1. The Bertz CT molecular complexity index is 1290. The third-order valence-electron chi connectivity index (χ3n) is 6.31. The number of halogens is 8. The van der Waals surface area contributed by atoms with E-state index in [1.807, 2.05) is 0 Å². The number of alkyl halides is 8. The predicted octanol–water partition coefficient (Wildman–Crippen LogP) is 7.60. The van der Waals surface area contributed by atoms with Crippen LogP contribution in [0.15, 0.2) is 72.8 Å². The summed E-state index contributed by atoms with van der Waals surface area (Å²) in [7, 11) is 0. The van der Waals surface area contributed by atoms with Crippen molar-refractivity contribution in [1.29, 1.82) is 0 Å². The topological polar surface area (TPSA) is 41.9 Å². The molecule has 4 rings (SSSR count). The Kier molecular flexibility index (Phi) is 8.48. The number of hydrogen-bond donors (Lipinski definition) is 1. The molecule has 4 nitrogen and oxygen atoms in total. The van der Waals surface area contributed by atoms with Gasteiger partial charge in [0.2, 0.25) is 0 Å². The Morgan fingerprint density at radius 2 is 1.45 bits per heavy atom. The Balaban J connectivity index is 1.53. The Morgan fingerprint density at radius 3 is 2.12 bits per heavy atom. The minimum Gasteiger partial charge on any atom is -0.489 e. The van der Waals surface area contributed by atoms with E-state index < -0.39 is 35.9 Å². The van der Waals surface area contributed by atoms with Gasteiger partial charge in [0.05, 0.1) is 6.10 Å². The fourth-order valence-electron chi connectivity index (χ4n) is 4.14. The van der Waals surface area contributed by atoms with Crippen molar-refractivity contribution in [3.8, 4) is 11.5 Å². The molecule has 1 unspecified atom stereocenters. The zero-order valence-corrected chi connectivity index (χ0v) is 20.9. The first kappa shape index (κ1) is 29.4. The second kappa shape index (κ2) is 11.5. The lowest BCUT2D eigenvalue weighted by atomic mass is 10.0. The number of anilines is 1. The van der Waals surface area contributed by atoms with Gasteiger partial charge in [-0.2, -0.15) is 22.0 Å². The fraction of sp³-hybridized carbons (Fsp3) is 0.357. The van der Waals surface area contributed by atoms with E-state index in [0.717, 1.165) is 31.0 Å². The average molecular weight is 575 g/mol. The largest absolute Gasteiger partial charge is 0.573 e. The molecule has 1 fully saturated rings. The van der Waals surface area contributed by atoms with Crippen LogP contribution in [0.2, 0.25) is 0 Å². The van der Waals surface area contributed by atoms with Crippen molar-refractivity contribution in [2.45, 2.75) is 50.6 Å². The maximum absolute atomic E-state index is 14.0. The van der Waals surface area contributed by atoms with Gasteiger partial charge in [0.25, 0.3) is 0 Å². The summed E-state index contributed by atoms with van der Waals surface area (Å²) >= 11 is 0. The smallest absolute Gasteiger partial charge is 0.489 e. The molecule has 1 aliphatic carbocycles. The summed E-state index contributed by atoms with van der Waals surface area (Å²) in [4.78, 5) is 1.65. The van der Waals surface area contributed by atoms with Crippen LogP contribution in [-0.2, 0) is 19.1 Å². The summed E-state index contributed by atoms with van der Waals surface area (Å²) < 4.78 is 114. The summed E-state index contributed by atoms with van der Waals surface area (Å²) in [5, 5.41) is 10.6. The van der Waals surface area contributed by atoms with Crippen LogP contribution in [0.3, 0.4) is 0 Å². The summed E-state index contributed by atoms with van der Waals surface area (Å²) in [5.74, 6) is -5.05. The number of nitrogens with zero attached hydrogens (tertiary/aromatic N) is 1. The summed E-state index contributed by atoms with van der Waals surface area (Å²) in [6, 6.07) is 15.8. The molecule has 0 aromatic heterocycles. The van der Waals surface area contributed by atoms with Gasteiger partial charge in [0.15, 0.2) is 0 Å². The van der Waals surface area contributed by atoms with Crippen molar-refractivity contribution >= 4 is 5.69 Å². The number of benzene rings is 3. The van der Waals surface area contributed by atoms with E-state index in [9.17, 15) is 40.2 Å². The van der Waals surface area contributed by atoms with E-state index in [2.05, 4.69) is 4.74 Å². The maximum Gasteiger partial charge on any atom is 0.573 e. The highest BCUT2D eigenvalue weighted by atomic mass is 19.4. The quantitative estimate of drug-likeness (QED) is 0.239. The van der Waals surface area contributed by atoms with Crippen molar-refractivity contribution in [3.63, 3.8) is 0 Å². The van der Waals surface area contributed by atoms with Crippen LogP contribution in [0.4, 0.5) is 40.8 Å². The molecule has 40 heavy (non-hydrogen) atoms. The molecule has 0 saturated heterocycles. The minimum atomic E-state index is -5.75. The molecule has 1 N–H and O–H groups in total. The van der Waals surface area contributed by atoms with Crippen molar-refractivity contribution in [3.05, 3.63) is 89.5 Å². The van der Waals surface area contributed by atoms with Crippen LogP contribution in [0.25, 0.3) is 0 Å². The molecule has 1 atom stereocenters. The number of ether oxygens (including phenoxy) is 2. The normalized spacial score (nSPS) is 15.0. The van der Waals surface area contributed by atoms with Crippen molar-refractivity contribution in [2.75, 3.05) is 11.4 Å². The lowest BCUT2D eigenvalue weighted by Crippen LogP contribution is -2.34. The first-order chi connectivity index (χ1) is 18.7. The van der Waals surface area contributed by atoms with Crippen LogP contribution >= 0.6 is 0 Å². The van der Waals surface area contributed by atoms with Gasteiger partial charge < -0.3 is 19.5 Å². The van der Waals surface area contributed by atoms with E-state index in [1.54, 1.807) is 35.2 Å². The zero-order valence-electron chi connectivity index (χ0n) is 20.9. The third-order valence-corrected chi connectivity index (χ3v) is 6.31. The first-order valence-electron chi connectivity index (χ1n) is 12.3. The van der Waals surface area contributed by atoms with Crippen LogP contribution in [0.5, 0.6) is 11.5 Å². The van der Waals surface area contributed by atoms with Gasteiger partial charge in [-0.3, -0.25) is 0 Å². The van der Waals surface area contributed by atoms with Gasteiger partial charge in [-0.25, -0.2) is 0 Å². The van der Waals surface area contributed by atoms with E-state index in [-0.39, 0.29) is 31.2 Å². The molecule has 0 aliphatic heterocycles. The van der Waals surface area contributed by atoms with Crippen molar-refractivity contribution < 1.29 is 49.7 Å². The average Bonchev–Trinajstić information content (AvgIpc) is 3.72. The highest BCUT2D eigenvalue weighted by Crippen LogP contribution is 2.44. The number of rotatable bonds is 11. The van der Waals surface area contributed by atoms with Gasteiger partial charge in [-0.15, -0.1) is 13.2 Å². The molecule has 12 heteroatoms. The molecule has 0 bridgehead atoms. The van der Waals surface area contributed by atoms with Crippen LogP contribution < -0.4 is 14.4 Å². The molecule has 3 aromatic carbocycles. The van der Waals surface area contributed by atoms with Gasteiger partial charge in [-0.1, -0.05) is 36.4 Å². The molecule has 1 aliphatic rings.